The van der Waals surface area contributed by atoms with Crippen molar-refractivity contribution in [2.24, 2.45) is 5.92 Å². The lowest BCUT2D eigenvalue weighted by atomic mass is 9.99. The second-order valence-corrected chi connectivity index (χ2v) is 5.45. The smallest absolute Gasteiger partial charge is 0.303 e. The highest BCUT2D eigenvalue weighted by molar-refractivity contribution is 5.78. The van der Waals surface area contributed by atoms with Crippen LogP contribution in [0.2, 0.25) is 0 Å². The topological polar surface area (TPSA) is 66.4 Å². The third-order valence-electron chi connectivity index (χ3n) is 3.60. The molecule has 4 heteroatoms. The first-order valence-electron chi connectivity index (χ1n) is 7.61. The average molecular weight is 291 g/mol. The highest BCUT2D eigenvalue weighted by atomic mass is 16.4. The maximum absolute atomic E-state index is 12.2. The zero-order valence-corrected chi connectivity index (χ0v) is 12.8. The molecule has 21 heavy (non-hydrogen) atoms. The van der Waals surface area contributed by atoms with Crippen LogP contribution < -0.4 is 5.32 Å². The number of carbonyl (C=O) groups is 2. The molecule has 0 bridgehead atoms. The number of unbranched alkanes of at least 4 members (excludes halogenated alkanes) is 1. The third-order valence-corrected chi connectivity index (χ3v) is 3.60. The molecule has 1 amide bonds. The molecule has 0 spiro atoms. The van der Waals surface area contributed by atoms with E-state index in [1.165, 1.54) is 0 Å². The van der Waals surface area contributed by atoms with Gasteiger partial charge in [0.25, 0.3) is 0 Å². The minimum atomic E-state index is -0.843. The van der Waals surface area contributed by atoms with Crippen LogP contribution in [-0.4, -0.2) is 17.0 Å². The van der Waals surface area contributed by atoms with Crippen LogP contribution in [-0.2, 0) is 9.59 Å². The maximum atomic E-state index is 12.2. The SMILES string of the molecule is CCCCC(C)C(=O)NC(CCC(=O)O)c1ccccc1. The van der Waals surface area contributed by atoms with Crippen molar-refractivity contribution in [2.75, 3.05) is 0 Å². The number of amides is 1. The van der Waals surface area contributed by atoms with Crippen molar-refractivity contribution in [2.45, 2.75) is 52.0 Å². The Morgan fingerprint density at radius 2 is 1.86 bits per heavy atom. The summed E-state index contributed by atoms with van der Waals surface area (Å²) in [4.78, 5) is 23.0. The van der Waals surface area contributed by atoms with E-state index in [9.17, 15) is 9.59 Å². The lowest BCUT2D eigenvalue weighted by molar-refractivity contribution is -0.137. The molecule has 1 aromatic carbocycles. The molecule has 2 atom stereocenters. The molecule has 2 unspecified atom stereocenters. The zero-order chi connectivity index (χ0) is 15.7. The fraction of sp³-hybridized carbons (Fsp3) is 0.529. The van der Waals surface area contributed by atoms with Crippen LogP contribution in [0.3, 0.4) is 0 Å². The van der Waals surface area contributed by atoms with Gasteiger partial charge in [0.05, 0.1) is 6.04 Å². The predicted octanol–water partition coefficient (Wildman–Crippen LogP) is 3.54. The van der Waals surface area contributed by atoms with E-state index in [-0.39, 0.29) is 24.3 Å². The Balaban J connectivity index is 2.68. The second-order valence-electron chi connectivity index (χ2n) is 5.45. The summed E-state index contributed by atoms with van der Waals surface area (Å²) in [6.07, 6.45) is 3.41. The van der Waals surface area contributed by atoms with Crippen LogP contribution in [0.25, 0.3) is 0 Å². The number of benzene rings is 1. The Morgan fingerprint density at radius 1 is 1.19 bits per heavy atom. The number of rotatable bonds is 9. The normalized spacial score (nSPS) is 13.4. The number of carbonyl (C=O) groups excluding carboxylic acids is 1. The molecule has 1 aromatic rings. The number of hydrogen-bond donors (Lipinski definition) is 2. The highest BCUT2D eigenvalue weighted by Crippen LogP contribution is 2.20. The van der Waals surface area contributed by atoms with E-state index in [0.717, 1.165) is 24.8 Å². The Bertz CT molecular complexity index is 445. The van der Waals surface area contributed by atoms with E-state index in [4.69, 9.17) is 5.11 Å². The van der Waals surface area contributed by atoms with Gasteiger partial charge in [-0.15, -0.1) is 0 Å². The molecule has 0 radical (unpaired) electrons. The number of hydrogen-bond acceptors (Lipinski definition) is 2. The first kappa shape index (κ1) is 17.2. The molecule has 0 heterocycles. The Morgan fingerprint density at radius 3 is 2.43 bits per heavy atom. The van der Waals surface area contributed by atoms with Crippen molar-refractivity contribution in [1.29, 1.82) is 0 Å². The molecule has 0 aliphatic heterocycles. The quantitative estimate of drug-likeness (QED) is 0.731. The standard InChI is InChI=1S/C17H25NO3/c1-3-4-8-13(2)17(21)18-15(11-12-16(19)20)14-9-6-5-7-10-14/h5-7,9-10,13,15H,3-4,8,11-12H2,1-2H3,(H,18,21)(H,19,20). The van der Waals surface area contributed by atoms with E-state index in [1.54, 1.807) is 0 Å². The van der Waals surface area contributed by atoms with Gasteiger partial charge < -0.3 is 10.4 Å². The number of carboxylic acid groups (broad SMARTS) is 1. The Kier molecular flexibility index (Phi) is 7.51. The molecular formula is C17H25NO3. The molecule has 0 saturated carbocycles. The number of carboxylic acids is 1. The molecule has 2 N–H and O–H groups in total. The van der Waals surface area contributed by atoms with Crippen molar-refractivity contribution >= 4 is 11.9 Å². The summed E-state index contributed by atoms with van der Waals surface area (Å²) in [6, 6.07) is 9.31. The van der Waals surface area contributed by atoms with Crippen LogP contribution in [0.4, 0.5) is 0 Å². The van der Waals surface area contributed by atoms with E-state index >= 15 is 0 Å². The fourth-order valence-electron chi connectivity index (χ4n) is 2.23. The maximum Gasteiger partial charge on any atom is 0.303 e. The van der Waals surface area contributed by atoms with E-state index in [0.29, 0.717) is 6.42 Å². The van der Waals surface area contributed by atoms with Gasteiger partial charge in [0.15, 0.2) is 0 Å². The Labute approximate surface area is 126 Å². The number of nitrogens with one attached hydrogen (secondary N) is 1. The predicted molar refractivity (Wildman–Crippen MR) is 82.9 cm³/mol. The lowest BCUT2D eigenvalue weighted by Crippen LogP contribution is -2.33. The van der Waals surface area contributed by atoms with Crippen molar-refractivity contribution in [1.82, 2.24) is 5.32 Å². The largest absolute Gasteiger partial charge is 0.481 e. The van der Waals surface area contributed by atoms with Gasteiger partial charge in [0.1, 0.15) is 0 Å². The van der Waals surface area contributed by atoms with E-state index < -0.39 is 5.97 Å². The summed E-state index contributed by atoms with van der Waals surface area (Å²) in [5, 5.41) is 11.9. The van der Waals surface area contributed by atoms with Crippen molar-refractivity contribution in [3.63, 3.8) is 0 Å². The van der Waals surface area contributed by atoms with Crippen LogP contribution in [0.15, 0.2) is 30.3 Å². The molecule has 0 aliphatic carbocycles. The van der Waals surface area contributed by atoms with Crippen molar-refractivity contribution < 1.29 is 14.7 Å². The molecular weight excluding hydrogens is 266 g/mol. The summed E-state index contributed by atoms with van der Waals surface area (Å²) in [5.41, 5.74) is 0.954. The van der Waals surface area contributed by atoms with Crippen LogP contribution in [0.1, 0.15) is 57.6 Å². The first-order valence-corrected chi connectivity index (χ1v) is 7.61. The van der Waals surface area contributed by atoms with Crippen LogP contribution in [0, 0.1) is 5.92 Å². The first-order chi connectivity index (χ1) is 10.0. The van der Waals surface area contributed by atoms with Crippen molar-refractivity contribution in [3.8, 4) is 0 Å². The Hall–Kier alpha value is -1.84. The molecule has 0 fully saturated rings. The zero-order valence-electron chi connectivity index (χ0n) is 12.8. The van der Waals surface area contributed by atoms with E-state index in [1.807, 2.05) is 37.3 Å². The van der Waals surface area contributed by atoms with Crippen LogP contribution >= 0.6 is 0 Å². The molecule has 116 valence electrons. The summed E-state index contributed by atoms with van der Waals surface area (Å²) in [7, 11) is 0. The molecule has 1 rings (SSSR count). The minimum absolute atomic E-state index is 0.00249. The third kappa shape index (κ3) is 6.43. The monoisotopic (exact) mass is 291 g/mol. The van der Waals surface area contributed by atoms with Crippen LogP contribution in [0.5, 0.6) is 0 Å². The average Bonchev–Trinajstić information content (AvgIpc) is 2.49. The van der Waals surface area contributed by atoms with Gasteiger partial charge in [0.2, 0.25) is 5.91 Å². The molecule has 0 aromatic heterocycles. The number of aliphatic carboxylic acids is 1. The highest BCUT2D eigenvalue weighted by Gasteiger charge is 2.19. The van der Waals surface area contributed by atoms with Gasteiger partial charge in [-0.3, -0.25) is 9.59 Å². The lowest BCUT2D eigenvalue weighted by Gasteiger charge is -2.21. The van der Waals surface area contributed by atoms with Gasteiger partial charge in [-0.25, -0.2) is 0 Å². The molecule has 4 nitrogen and oxygen atoms in total. The van der Waals surface area contributed by atoms with Gasteiger partial charge >= 0.3 is 5.97 Å². The van der Waals surface area contributed by atoms with E-state index in [2.05, 4.69) is 12.2 Å². The summed E-state index contributed by atoms with van der Waals surface area (Å²) in [5.74, 6) is -0.882. The van der Waals surface area contributed by atoms with Crippen molar-refractivity contribution in [3.05, 3.63) is 35.9 Å². The summed E-state index contributed by atoms with van der Waals surface area (Å²) in [6.45, 7) is 4.02. The fourth-order valence-corrected chi connectivity index (χ4v) is 2.23. The second kappa shape index (κ2) is 9.16. The van der Waals surface area contributed by atoms with Gasteiger partial charge in [-0.05, 0) is 18.4 Å². The van der Waals surface area contributed by atoms with Gasteiger partial charge in [0, 0.05) is 12.3 Å². The minimum Gasteiger partial charge on any atom is -0.481 e. The summed E-state index contributed by atoms with van der Waals surface area (Å²) >= 11 is 0. The molecule has 0 aliphatic rings. The van der Waals surface area contributed by atoms with Gasteiger partial charge in [-0.2, -0.15) is 0 Å². The molecule has 0 saturated heterocycles. The summed E-state index contributed by atoms with van der Waals surface area (Å²) < 4.78 is 0. The van der Waals surface area contributed by atoms with Gasteiger partial charge in [-0.1, -0.05) is 57.0 Å².